The van der Waals surface area contributed by atoms with Gasteiger partial charge in [-0.3, -0.25) is 4.79 Å². The van der Waals surface area contributed by atoms with Crippen LogP contribution in [-0.2, 0) is 4.74 Å². The van der Waals surface area contributed by atoms with Crippen molar-refractivity contribution < 1.29 is 18.7 Å². The van der Waals surface area contributed by atoms with Gasteiger partial charge in [0.05, 0.1) is 12.7 Å². The summed E-state index contributed by atoms with van der Waals surface area (Å²) >= 11 is 0. The lowest BCUT2D eigenvalue weighted by atomic mass is 10.0. The number of esters is 1. The summed E-state index contributed by atoms with van der Waals surface area (Å²) in [4.78, 5) is 22.7. The normalized spacial score (nSPS) is 10.2. The van der Waals surface area contributed by atoms with E-state index < -0.39 is 11.8 Å². The largest absolute Gasteiger partial charge is 0.465 e. The number of methoxy groups -OCH3 is 1. The number of ketones is 1. The molecular formula is C16H13FO3. The molecule has 3 nitrogen and oxygen atoms in total. The molecule has 0 radical (unpaired) electrons. The molecule has 0 heterocycles. The molecule has 0 aliphatic heterocycles. The number of carbonyl (C=O) groups excluding carboxylic acids is 2. The highest BCUT2D eigenvalue weighted by molar-refractivity contribution is 5.95. The van der Waals surface area contributed by atoms with E-state index in [1.54, 1.807) is 24.3 Å². The Morgan fingerprint density at radius 1 is 1.00 bits per heavy atom. The SMILES string of the molecule is COC(=O)c1ccc(F)c(-c2ccc(C(C)=O)cc2)c1. The molecule has 0 N–H and O–H groups in total. The van der Waals surface area contributed by atoms with Gasteiger partial charge in [-0.1, -0.05) is 24.3 Å². The lowest BCUT2D eigenvalue weighted by Crippen LogP contribution is -2.02. The first-order valence-corrected chi connectivity index (χ1v) is 6.02. The topological polar surface area (TPSA) is 43.4 Å². The summed E-state index contributed by atoms with van der Waals surface area (Å²) in [6.07, 6.45) is 0. The van der Waals surface area contributed by atoms with Gasteiger partial charge in [-0.2, -0.15) is 0 Å². The van der Waals surface area contributed by atoms with Crippen molar-refractivity contribution in [1.82, 2.24) is 0 Å². The maximum absolute atomic E-state index is 13.9. The van der Waals surface area contributed by atoms with E-state index in [2.05, 4.69) is 4.74 Å². The summed E-state index contributed by atoms with van der Waals surface area (Å²) in [5.74, 6) is -1.01. The number of Topliss-reactive ketones (excluding diaryl/α,β-unsaturated/α-hetero) is 1. The van der Waals surface area contributed by atoms with Crippen molar-refractivity contribution in [3.05, 3.63) is 59.4 Å². The highest BCUT2D eigenvalue weighted by Gasteiger charge is 2.11. The summed E-state index contributed by atoms with van der Waals surface area (Å²) in [5, 5.41) is 0. The highest BCUT2D eigenvalue weighted by atomic mass is 19.1. The van der Waals surface area contributed by atoms with E-state index >= 15 is 0 Å². The zero-order valence-electron chi connectivity index (χ0n) is 11.1. The van der Waals surface area contributed by atoms with Gasteiger partial charge in [0.15, 0.2) is 5.78 Å². The van der Waals surface area contributed by atoms with Crippen molar-refractivity contribution in [2.24, 2.45) is 0 Å². The molecule has 2 aromatic rings. The minimum absolute atomic E-state index is 0.0552. The Bertz CT molecular complexity index is 660. The third-order valence-electron chi connectivity index (χ3n) is 2.99. The molecular weight excluding hydrogens is 259 g/mol. The van der Waals surface area contributed by atoms with Gasteiger partial charge in [-0.05, 0) is 30.7 Å². The molecule has 2 rings (SSSR count). The van der Waals surface area contributed by atoms with Crippen LogP contribution < -0.4 is 0 Å². The smallest absolute Gasteiger partial charge is 0.337 e. The molecule has 0 atom stereocenters. The van der Waals surface area contributed by atoms with Crippen LogP contribution in [0.15, 0.2) is 42.5 Å². The third kappa shape index (κ3) is 2.74. The van der Waals surface area contributed by atoms with E-state index in [1.807, 2.05) is 0 Å². The van der Waals surface area contributed by atoms with Crippen LogP contribution in [0.25, 0.3) is 11.1 Å². The van der Waals surface area contributed by atoms with Crippen LogP contribution in [0.1, 0.15) is 27.6 Å². The van der Waals surface area contributed by atoms with Gasteiger partial charge < -0.3 is 4.74 Å². The van der Waals surface area contributed by atoms with Gasteiger partial charge in [0.1, 0.15) is 5.82 Å². The molecule has 0 aliphatic rings. The Hall–Kier alpha value is -2.49. The second kappa shape index (κ2) is 5.65. The van der Waals surface area contributed by atoms with Crippen molar-refractivity contribution in [2.75, 3.05) is 7.11 Å². The van der Waals surface area contributed by atoms with Gasteiger partial charge in [0.2, 0.25) is 0 Å². The maximum atomic E-state index is 13.9. The lowest BCUT2D eigenvalue weighted by molar-refractivity contribution is 0.0600. The van der Waals surface area contributed by atoms with Crippen LogP contribution in [0, 0.1) is 5.82 Å². The first kappa shape index (κ1) is 13.9. The van der Waals surface area contributed by atoms with Gasteiger partial charge in [0.25, 0.3) is 0 Å². The van der Waals surface area contributed by atoms with Gasteiger partial charge in [0, 0.05) is 11.1 Å². The molecule has 0 saturated carbocycles. The third-order valence-corrected chi connectivity index (χ3v) is 2.99. The summed E-state index contributed by atoms with van der Waals surface area (Å²) in [7, 11) is 1.27. The molecule has 0 spiro atoms. The van der Waals surface area contributed by atoms with E-state index in [4.69, 9.17) is 0 Å². The van der Waals surface area contributed by atoms with Crippen LogP contribution in [0.2, 0.25) is 0 Å². The average Bonchev–Trinajstić information content (AvgIpc) is 2.47. The number of hydrogen-bond donors (Lipinski definition) is 0. The van der Waals surface area contributed by atoms with Crippen molar-refractivity contribution in [3.63, 3.8) is 0 Å². The van der Waals surface area contributed by atoms with Crippen molar-refractivity contribution in [1.29, 1.82) is 0 Å². The van der Waals surface area contributed by atoms with Crippen molar-refractivity contribution >= 4 is 11.8 Å². The Labute approximate surface area is 116 Å². The zero-order chi connectivity index (χ0) is 14.7. The Kier molecular flexibility index (Phi) is 3.94. The Morgan fingerprint density at radius 3 is 2.15 bits per heavy atom. The summed E-state index contributed by atoms with van der Waals surface area (Å²) in [5.41, 5.74) is 1.72. The first-order chi connectivity index (χ1) is 9.52. The number of hydrogen-bond acceptors (Lipinski definition) is 3. The maximum Gasteiger partial charge on any atom is 0.337 e. The molecule has 2 aromatic carbocycles. The fraction of sp³-hybridized carbons (Fsp3) is 0.125. The van der Waals surface area contributed by atoms with Crippen molar-refractivity contribution in [2.45, 2.75) is 6.92 Å². The predicted octanol–water partition coefficient (Wildman–Crippen LogP) is 3.48. The van der Waals surface area contributed by atoms with Crippen LogP contribution >= 0.6 is 0 Å². The van der Waals surface area contributed by atoms with Crippen LogP contribution in [0.3, 0.4) is 0 Å². The van der Waals surface area contributed by atoms with Crippen LogP contribution in [0.4, 0.5) is 4.39 Å². The second-order valence-electron chi connectivity index (χ2n) is 4.32. The molecule has 0 aromatic heterocycles. The van der Waals surface area contributed by atoms with E-state index in [0.717, 1.165) is 0 Å². The fourth-order valence-electron chi connectivity index (χ4n) is 1.88. The number of halogens is 1. The molecule has 0 saturated heterocycles. The quantitative estimate of drug-likeness (QED) is 0.634. The number of ether oxygens (including phenoxy) is 1. The van der Waals surface area contributed by atoms with E-state index in [1.165, 1.54) is 32.2 Å². The van der Waals surface area contributed by atoms with Crippen LogP contribution in [-0.4, -0.2) is 18.9 Å². The predicted molar refractivity (Wildman–Crippen MR) is 73.2 cm³/mol. The van der Waals surface area contributed by atoms with E-state index in [-0.39, 0.29) is 11.3 Å². The molecule has 4 heteroatoms. The zero-order valence-corrected chi connectivity index (χ0v) is 11.1. The minimum Gasteiger partial charge on any atom is -0.465 e. The molecule has 0 aliphatic carbocycles. The summed E-state index contributed by atoms with van der Waals surface area (Å²) in [6.45, 7) is 1.47. The number of benzene rings is 2. The second-order valence-corrected chi connectivity index (χ2v) is 4.32. The van der Waals surface area contributed by atoms with E-state index in [0.29, 0.717) is 16.7 Å². The highest BCUT2D eigenvalue weighted by Crippen LogP contribution is 2.25. The first-order valence-electron chi connectivity index (χ1n) is 6.02. The summed E-state index contributed by atoms with van der Waals surface area (Å²) < 4.78 is 18.5. The molecule has 102 valence electrons. The standard InChI is InChI=1S/C16H13FO3/c1-10(18)11-3-5-12(6-4-11)14-9-13(16(19)20-2)7-8-15(14)17/h3-9H,1-2H3. The summed E-state index contributed by atoms with van der Waals surface area (Å²) in [6, 6.07) is 10.6. The Morgan fingerprint density at radius 2 is 1.60 bits per heavy atom. The molecule has 0 unspecified atom stereocenters. The minimum atomic E-state index is -0.522. The van der Waals surface area contributed by atoms with Gasteiger partial charge in [-0.25, -0.2) is 9.18 Å². The molecule has 20 heavy (non-hydrogen) atoms. The molecule has 0 amide bonds. The van der Waals surface area contributed by atoms with Crippen molar-refractivity contribution in [3.8, 4) is 11.1 Å². The Balaban J connectivity index is 2.45. The van der Waals surface area contributed by atoms with Gasteiger partial charge in [-0.15, -0.1) is 0 Å². The fourth-order valence-corrected chi connectivity index (χ4v) is 1.88. The number of carbonyl (C=O) groups is 2. The average molecular weight is 272 g/mol. The number of rotatable bonds is 3. The van der Waals surface area contributed by atoms with Crippen LogP contribution in [0.5, 0.6) is 0 Å². The molecule has 0 bridgehead atoms. The van der Waals surface area contributed by atoms with Gasteiger partial charge >= 0.3 is 5.97 Å². The molecule has 0 fully saturated rings. The lowest BCUT2D eigenvalue weighted by Gasteiger charge is -2.07. The van der Waals surface area contributed by atoms with E-state index in [9.17, 15) is 14.0 Å². The monoisotopic (exact) mass is 272 g/mol.